The first-order valence-corrected chi connectivity index (χ1v) is 13.5. The molecule has 2 aromatic heterocycles. The lowest BCUT2D eigenvalue weighted by atomic mass is 10.1. The summed E-state index contributed by atoms with van der Waals surface area (Å²) in [4.78, 5) is 13.5. The number of anilines is 1. The van der Waals surface area contributed by atoms with Crippen molar-refractivity contribution in [2.45, 2.75) is 42.4 Å². The second-order valence-corrected chi connectivity index (χ2v) is 10.6. The maximum absolute atomic E-state index is 12.8. The van der Waals surface area contributed by atoms with Crippen LogP contribution < -0.4 is 10.0 Å². The number of nitrogens with zero attached hydrogens (tertiary/aromatic N) is 4. The fourth-order valence-corrected chi connectivity index (χ4v) is 5.27. The molecule has 12 nitrogen and oxygen atoms in total. The van der Waals surface area contributed by atoms with E-state index < -0.39 is 41.2 Å². The molecule has 0 bridgehead atoms. The van der Waals surface area contributed by atoms with Crippen LogP contribution in [0.4, 0.5) is 5.82 Å². The third kappa shape index (κ3) is 5.38. The van der Waals surface area contributed by atoms with Crippen molar-refractivity contribution < 1.29 is 28.5 Å². The van der Waals surface area contributed by atoms with Crippen molar-refractivity contribution >= 4 is 27.0 Å². The lowest BCUT2D eigenvalue weighted by Crippen LogP contribution is -2.33. The smallest absolute Gasteiger partial charge is 0.240 e. The van der Waals surface area contributed by atoms with Crippen molar-refractivity contribution in [1.29, 1.82) is 0 Å². The van der Waals surface area contributed by atoms with Crippen LogP contribution in [0.1, 0.15) is 17.6 Å². The van der Waals surface area contributed by atoms with Gasteiger partial charge in [-0.15, -0.1) is 0 Å². The van der Waals surface area contributed by atoms with E-state index >= 15 is 0 Å². The first-order chi connectivity index (χ1) is 18.4. The molecular weight excluding hydrogens is 512 g/mol. The zero-order valence-electron chi connectivity index (χ0n) is 20.3. The molecule has 0 amide bonds. The SMILES string of the molecule is O=S(=O)(NCc1nc(NCCc2ccccc2)c2ncn([C@@H]3O[C@H](CO)[C@@H](O)[C@@H]3O)c2n1)c1ccccc1. The van der Waals surface area contributed by atoms with Gasteiger partial charge in [-0.1, -0.05) is 48.5 Å². The van der Waals surface area contributed by atoms with Crippen molar-refractivity contribution in [2.24, 2.45) is 0 Å². The Hall–Kier alpha value is -3.46. The van der Waals surface area contributed by atoms with Crippen LogP contribution in [-0.2, 0) is 27.7 Å². The highest BCUT2D eigenvalue weighted by atomic mass is 32.2. The predicted molar refractivity (Wildman–Crippen MR) is 137 cm³/mol. The average molecular weight is 541 g/mol. The summed E-state index contributed by atoms with van der Waals surface area (Å²) in [5.74, 6) is 0.540. The van der Waals surface area contributed by atoms with Crippen molar-refractivity contribution in [1.82, 2.24) is 24.2 Å². The summed E-state index contributed by atoms with van der Waals surface area (Å²) in [6, 6.07) is 17.8. The van der Waals surface area contributed by atoms with Gasteiger partial charge in [0.1, 0.15) is 24.1 Å². The zero-order valence-corrected chi connectivity index (χ0v) is 21.1. The summed E-state index contributed by atoms with van der Waals surface area (Å²) < 4.78 is 35.1. The molecule has 4 atom stereocenters. The minimum atomic E-state index is -3.82. The second kappa shape index (κ2) is 11.1. The van der Waals surface area contributed by atoms with E-state index in [0.717, 1.165) is 5.56 Å². The van der Waals surface area contributed by atoms with Crippen LogP contribution >= 0.6 is 0 Å². The van der Waals surface area contributed by atoms with E-state index in [1.54, 1.807) is 18.2 Å². The quantitative estimate of drug-likeness (QED) is 0.191. The molecule has 0 aliphatic carbocycles. The van der Waals surface area contributed by atoms with Gasteiger partial charge in [0.25, 0.3) is 0 Å². The number of aromatic nitrogens is 4. The highest BCUT2D eigenvalue weighted by Crippen LogP contribution is 2.32. The monoisotopic (exact) mass is 540 g/mol. The average Bonchev–Trinajstić information content (AvgIpc) is 3.49. The molecule has 2 aromatic carbocycles. The van der Waals surface area contributed by atoms with Crippen LogP contribution in [0.25, 0.3) is 11.2 Å². The van der Waals surface area contributed by atoms with Crippen molar-refractivity contribution in [3.05, 3.63) is 78.4 Å². The number of imidazole rings is 1. The van der Waals surface area contributed by atoms with Crippen molar-refractivity contribution in [3.63, 3.8) is 0 Å². The van der Waals surface area contributed by atoms with Gasteiger partial charge in [-0.2, -0.15) is 0 Å². The van der Waals surface area contributed by atoms with Gasteiger partial charge in [0.15, 0.2) is 23.2 Å². The number of aliphatic hydroxyl groups excluding tert-OH is 3. The Morgan fingerprint density at radius 2 is 1.68 bits per heavy atom. The molecule has 1 fully saturated rings. The van der Waals surface area contributed by atoms with Crippen LogP contribution in [0.3, 0.4) is 0 Å². The third-order valence-corrected chi connectivity index (χ3v) is 7.70. The Morgan fingerprint density at radius 3 is 2.37 bits per heavy atom. The Balaban J connectivity index is 1.45. The second-order valence-electron chi connectivity index (χ2n) is 8.84. The molecule has 5 N–H and O–H groups in total. The summed E-state index contributed by atoms with van der Waals surface area (Å²) in [6.45, 7) is -0.164. The summed E-state index contributed by atoms with van der Waals surface area (Å²) in [7, 11) is -3.82. The van der Waals surface area contributed by atoms with E-state index in [4.69, 9.17) is 4.74 Å². The van der Waals surface area contributed by atoms with Gasteiger partial charge in [0, 0.05) is 6.54 Å². The number of sulfonamides is 1. The first kappa shape index (κ1) is 26.2. The van der Waals surface area contributed by atoms with Crippen LogP contribution in [0.2, 0.25) is 0 Å². The molecular formula is C25H28N6O6S. The van der Waals surface area contributed by atoms with Crippen LogP contribution in [0, 0.1) is 0 Å². The number of benzene rings is 2. The van der Waals surface area contributed by atoms with E-state index in [2.05, 4.69) is 25.0 Å². The minimum absolute atomic E-state index is 0.110. The van der Waals surface area contributed by atoms with Crippen LogP contribution in [-0.4, -0.2) is 74.7 Å². The van der Waals surface area contributed by atoms with E-state index in [9.17, 15) is 23.7 Å². The minimum Gasteiger partial charge on any atom is -0.394 e. The molecule has 13 heteroatoms. The highest BCUT2D eigenvalue weighted by molar-refractivity contribution is 7.89. The number of ether oxygens (including phenoxy) is 1. The maximum atomic E-state index is 12.8. The molecule has 0 spiro atoms. The van der Waals surface area contributed by atoms with Gasteiger partial charge in [0.05, 0.1) is 24.4 Å². The molecule has 1 aliphatic heterocycles. The summed E-state index contributed by atoms with van der Waals surface area (Å²) >= 11 is 0. The van der Waals surface area contributed by atoms with Crippen molar-refractivity contribution in [2.75, 3.05) is 18.5 Å². The molecule has 0 radical (unpaired) electrons. The molecule has 38 heavy (non-hydrogen) atoms. The lowest BCUT2D eigenvalue weighted by molar-refractivity contribution is -0.0511. The number of rotatable bonds is 10. The summed E-state index contributed by atoms with van der Waals surface area (Å²) in [6.07, 6.45) is -2.57. The topological polar surface area (TPSA) is 172 Å². The molecule has 5 rings (SSSR count). The standard InChI is InChI=1S/C25H28N6O6S/c32-14-18-21(33)22(34)25(37-18)31-15-27-20-23(26-12-11-16-7-3-1-4-8-16)29-19(30-24(20)31)13-28-38(35,36)17-9-5-2-6-10-17/h1-10,15,18,21-22,25,28,32-34H,11-14H2,(H,26,29,30)/t18-,21-,22+,25-/m1/s1. The molecule has 0 unspecified atom stereocenters. The van der Waals surface area contributed by atoms with Gasteiger partial charge in [-0.3, -0.25) is 4.57 Å². The normalized spacial score (nSPS) is 21.7. The summed E-state index contributed by atoms with van der Waals surface area (Å²) in [5.41, 5.74) is 1.77. The predicted octanol–water partition coefficient (Wildman–Crippen LogP) is 0.571. The van der Waals surface area contributed by atoms with Gasteiger partial charge < -0.3 is 25.4 Å². The molecule has 1 aliphatic rings. The largest absolute Gasteiger partial charge is 0.394 e. The zero-order chi connectivity index (χ0) is 26.7. The lowest BCUT2D eigenvalue weighted by Gasteiger charge is -2.17. The molecule has 0 saturated carbocycles. The number of hydrogen-bond acceptors (Lipinski definition) is 10. The fraction of sp³-hybridized carbons (Fsp3) is 0.320. The molecule has 200 valence electrons. The molecule has 1 saturated heterocycles. The van der Waals surface area contributed by atoms with Gasteiger partial charge in [-0.25, -0.2) is 28.1 Å². The van der Waals surface area contributed by atoms with Crippen LogP contribution in [0.15, 0.2) is 71.9 Å². The van der Waals surface area contributed by atoms with Gasteiger partial charge in [-0.05, 0) is 24.1 Å². The van der Waals surface area contributed by atoms with Crippen LogP contribution in [0.5, 0.6) is 0 Å². The van der Waals surface area contributed by atoms with Gasteiger partial charge in [0.2, 0.25) is 10.0 Å². The molecule has 4 aromatic rings. The summed E-state index contributed by atoms with van der Waals surface area (Å²) in [5, 5.41) is 33.5. The van der Waals surface area contributed by atoms with Crippen molar-refractivity contribution in [3.8, 4) is 0 Å². The van der Waals surface area contributed by atoms with Gasteiger partial charge >= 0.3 is 0 Å². The number of aliphatic hydroxyl groups is 3. The Morgan fingerprint density at radius 1 is 0.974 bits per heavy atom. The first-order valence-electron chi connectivity index (χ1n) is 12.1. The number of fused-ring (bicyclic) bond motifs is 1. The number of hydrogen-bond donors (Lipinski definition) is 5. The third-order valence-electron chi connectivity index (χ3n) is 6.28. The maximum Gasteiger partial charge on any atom is 0.240 e. The Bertz CT molecular complexity index is 1480. The van der Waals surface area contributed by atoms with E-state index in [1.807, 2.05) is 30.3 Å². The number of nitrogens with one attached hydrogen (secondary N) is 2. The molecule has 3 heterocycles. The Kier molecular flexibility index (Phi) is 7.65. The Labute approximate surface area is 219 Å². The fourth-order valence-electron chi connectivity index (χ4n) is 4.27. The highest BCUT2D eigenvalue weighted by Gasteiger charge is 2.44. The van der Waals surface area contributed by atoms with E-state index in [-0.39, 0.29) is 22.9 Å². The van der Waals surface area contributed by atoms with E-state index in [0.29, 0.717) is 24.3 Å². The van der Waals surface area contributed by atoms with E-state index in [1.165, 1.54) is 23.0 Å².